The highest BCUT2D eigenvalue weighted by Gasteiger charge is 2.30. The largest absolute Gasteiger partial charge is 0.481 e. The van der Waals surface area contributed by atoms with Gasteiger partial charge in [-0.15, -0.1) is 0 Å². The number of hydrogen-bond donors (Lipinski definition) is 1. The van der Waals surface area contributed by atoms with E-state index in [1.54, 1.807) is 6.92 Å². The van der Waals surface area contributed by atoms with Gasteiger partial charge in [-0.2, -0.15) is 13.2 Å². The Bertz CT molecular complexity index is 368. The molecule has 0 aliphatic carbocycles. The van der Waals surface area contributed by atoms with Crippen molar-refractivity contribution < 1.29 is 23.1 Å². The van der Waals surface area contributed by atoms with Gasteiger partial charge in [0.2, 0.25) is 0 Å². The number of rotatable bonds is 3. The molecule has 2 nitrogen and oxygen atoms in total. The molecular formula is C11H11F3O2. The Morgan fingerprint density at radius 2 is 1.81 bits per heavy atom. The van der Waals surface area contributed by atoms with E-state index in [-0.39, 0.29) is 12.3 Å². The van der Waals surface area contributed by atoms with Gasteiger partial charge in [-0.05, 0) is 23.6 Å². The predicted molar refractivity (Wildman–Crippen MR) is 52.1 cm³/mol. The average Bonchev–Trinajstić information content (AvgIpc) is 2.15. The number of carboxylic acid groups (broad SMARTS) is 1. The molecule has 5 heteroatoms. The maximum atomic E-state index is 12.2. The van der Waals surface area contributed by atoms with Crippen LogP contribution >= 0.6 is 0 Å². The molecule has 0 fully saturated rings. The minimum Gasteiger partial charge on any atom is -0.481 e. The second-order valence-electron chi connectivity index (χ2n) is 3.62. The molecule has 0 heterocycles. The topological polar surface area (TPSA) is 37.3 Å². The Morgan fingerprint density at radius 3 is 2.19 bits per heavy atom. The van der Waals surface area contributed by atoms with Gasteiger partial charge in [0.15, 0.2) is 0 Å². The number of halogens is 3. The third kappa shape index (κ3) is 3.25. The first kappa shape index (κ1) is 12.5. The molecule has 0 aliphatic rings. The zero-order chi connectivity index (χ0) is 12.3. The molecular weight excluding hydrogens is 221 g/mol. The average molecular weight is 232 g/mol. The number of aliphatic carboxylic acids is 1. The molecule has 1 N–H and O–H groups in total. The van der Waals surface area contributed by atoms with Gasteiger partial charge in [-0.25, -0.2) is 0 Å². The summed E-state index contributed by atoms with van der Waals surface area (Å²) in [7, 11) is 0. The normalized spacial score (nSPS) is 13.5. The van der Waals surface area contributed by atoms with Crippen LogP contribution in [0.5, 0.6) is 0 Å². The number of carboxylic acids is 1. The summed E-state index contributed by atoms with van der Waals surface area (Å²) < 4.78 is 36.7. The van der Waals surface area contributed by atoms with E-state index in [0.29, 0.717) is 5.56 Å². The van der Waals surface area contributed by atoms with Crippen molar-refractivity contribution >= 4 is 5.97 Å². The number of hydrogen-bond acceptors (Lipinski definition) is 1. The van der Waals surface area contributed by atoms with E-state index in [4.69, 9.17) is 5.11 Å². The van der Waals surface area contributed by atoms with E-state index in [1.165, 1.54) is 12.1 Å². The van der Waals surface area contributed by atoms with Crippen molar-refractivity contribution in [2.75, 3.05) is 0 Å². The van der Waals surface area contributed by atoms with Gasteiger partial charge in [0.25, 0.3) is 0 Å². The third-order valence-electron chi connectivity index (χ3n) is 2.29. The van der Waals surface area contributed by atoms with Gasteiger partial charge in [0, 0.05) is 0 Å². The van der Waals surface area contributed by atoms with Gasteiger partial charge in [-0.1, -0.05) is 19.1 Å². The molecule has 1 atom stereocenters. The van der Waals surface area contributed by atoms with Crippen LogP contribution in [0.15, 0.2) is 24.3 Å². The molecule has 0 aromatic heterocycles. The van der Waals surface area contributed by atoms with Crippen LogP contribution in [0.25, 0.3) is 0 Å². The molecule has 0 unspecified atom stereocenters. The Hall–Kier alpha value is -1.52. The molecule has 1 aromatic rings. The van der Waals surface area contributed by atoms with Crippen LogP contribution in [0.3, 0.4) is 0 Å². The number of alkyl halides is 3. The maximum Gasteiger partial charge on any atom is 0.416 e. The summed E-state index contributed by atoms with van der Waals surface area (Å²) in [6, 6.07) is 4.56. The minimum absolute atomic E-state index is 0.0919. The van der Waals surface area contributed by atoms with Crippen LogP contribution < -0.4 is 0 Å². The molecule has 0 bridgehead atoms. The molecule has 0 radical (unpaired) electrons. The fraction of sp³-hybridized carbons (Fsp3) is 0.364. The first-order valence-corrected chi connectivity index (χ1v) is 4.69. The SMILES string of the molecule is C[C@H](CC(=O)O)c1ccc(C(F)(F)F)cc1. The van der Waals surface area contributed by atoms with Gasteiger partial charge in [0.1, 0.15) is 0 Å². The van der Waals surface area contributed by atoms with Crippen molar-refractivity contribution in [2.24, 2.45) is 0 Å². The number of carbonyl (C=O) groups is 1. The van der Waals surface area contributed by atoms with E-state index in [2.05, 4.69) is 0 Å². The van der Waals surface area contributed by atoms with E-state index in [0.717, 1.165) is 12.1 Å². The number of benzene rings is 1. The highest BCUT2D eigenvalue weighted by molar-refractivity contribution is 5.67. The van der Waals surface area contributed by atoms with Crippen LogP contribution in [0, 0.1) is 0 Å². The van der Waals surface area contributed by atoms with Crippen LogP contribution in [0.1, 0.15) is 30.4 Å². The lowest BCUT2D eigenvalue weighted by Crippen LogP contribution is -2.06. The maximum absolute atomic E-state index is 12.2. The Balaban J connectivity index is 2.83. The molecule has 0 aliphatic heterocycles. The molecule has 0 saturated heterocycles. The molecule has 88 valence electrons. The van der Waals surface area contributed by atoms with Gasteiger partial charge >= 0.3 is 12.1 Å². The summed E-state index contributed by atoms with van der Waals surface area (Å²) in [4.78, 5) is 10.4. The van der Waals surface area contributed by atoms with Crippen LogP contribution in [-0.4, -0.2) is 11.1 Å². The highest BCUT2D eigenvalue weighted by atomic mass is 19.4. The summed E-state index contributed by atoms with van der Waals surface area (Å²) in [5, 5.41) is 8.55. The van der Waals surface area contributed by atoms with Crippen molar-refractivity contribution in [3.8, 4) is 0 Å². The lowest BCUT2D eigenvalue weighted by Gasteiger charge is -2.11. The quantitative estimate of drug-likeness (QED) is 0.868. The van der Waals surface area contributed by atoms with E-state index in [9.17, 15) is 18.0 Å². The van der Waals surface area contributed by atoms with Crippen molar-refractivity contribution in [1.29, 1.82) is 0 Å². The summed E-state index contributed by atoms with van der Waals surface area (Å²) in [6.45, 7) is 1.66. The lowest BCUT2D eigenvalue weighted by molar-refractivity contribution is -0.138. The predicted octanol–water partition coefficient (Wildman–Crippen LogP) is 3.28. The Morgan fingerprint density at radius 1 is 1.31 bits per heavy atom. The molecule has 1 rings (SSSR count). The monoisotopic (exact) mass is 232 g/mol. The van der Waals surface area contributed by atoms with Crippen molar-refractivity contribution in [1.82, 2.24) is 0 Å². The first-order chi connectivity index (χ1) is 7.30. The first-order valence-electron chi connectivity index (χ1n) is 4.69. The van der Waals surface area contributed by atoms with E-state index < -0.39 is 17.7 Å². The summed E-state index contributed by atoms with van der Waals surface area (Å²) in [5.74, 6) is -1.26. The van der Waals surface area contributed by atoms with Crippen molar-refractivity contribution in [3.05, 3.63) is 35.4 Å². The van der Waals surface area contributed by atoms with Crippen LogP contribution in [0.4, 0.5) is 13.2 Å². The smallest absolute Gasteiger partial charge is 0.416 e. The zero-order valence-electron chi connectivity index (χ0n) is 8.58. The Labute approximate surface area is 90.7 Å². The third-order valence-corrected chi connectivity index (χ3v) is 2.29. The van der Waals surface area contributed by atoms with Gasteiger partial charge in [-0.3, -0.25) is 4.79 Å². The zero-order valence-corrected chi connectivity index (χ0v) is 8.58. The Kier molecular flexibility index (Phi) is 3.57. The second kappa shape index (κ2) is 4.55. The fourth-order valence-electron chi connectivity index (χ4n) is 1.38. The summed E-state index contributed by atoms with van der Waals surface area (Å²) in [6.07, 6.45) is -4.44. The van der Waals surface area contributed by atoms with E-state index in [1.807, 2.05) is 0 Å². The minimum atomic E-state index is -4.35. The fourth-order valence-corrected chi connectivity index (χ4v) is 1.38. The second-order valence-corrected chi connectivity index (χ2v) is 3.62. The molecule has 0 saturated carbocycles. The van der Waals surface area contributed by atoms with Gasteiger partial charge < -0.3 is 5.11 Å². The van der Waals surface area contributed by atoms with Crippen molar-refractivity contribution in [3.63, 3.8) is 0 Å². The summed E-state index contributed by atoms with van der Waals surface area (Å²) in [5.41, 5.74) is -0.130. The standard InChI is InChI=1S/C11H11F3O2/c1-7(6-10(15)16)8-2-4-9(5-3-8)11(12,13)14/h2-5,7H,6H2,1H3,(H,15,16)/t7-/m1/s1. The highest BCUT2D eigenvalue weighted by Crippen LogP contribution is 2.30. The van der Waals surface area contributed by atoms with Gasteiger partial charge in [0.05, 0.1) is 12.0 Å². The molecule has 0 spiro atoms. The van der Waals surface area contributed by atoms with Crippen molar-refractivity contribution in [2.45, 2.75) is 25.4 Å². The van der Waals surface area contributed by atoms with E-state index >= 15 is 0 Å². The van der Waals surface area contributed by atoms with Crippen LogP contribution in [-0.2, 0) is 11.0 Å². The summed E-state index contributed by atoms with van der Waals surface area (Å²) >= 11 is 0. The van der Waals surface area contributed by atoms with Crippen LogP contribution in [0.2, 0.25) is 0 Å². The molecule has 16 heavy (non-hydrogen) atoms. The molecule has 1 aromatic carbocycles. The lowest BCUT2D eigenvalue weighted by atomic mass is 9.97. The molecule has 0 amide bonds.